The highest BCUT2D eigenvalue weighted by Gasteiger charge is 2.42. The molecule has 1 aliphatic heterocycles. The number of nitrogens with zero attached hydrogens (tertiary/aromatic N) is 3. The summed E-state index contributed by atoms with van der Waals surface area (Å²) in [6.45, 7) is 12.5. The van der Waals surface area contributed by atoms with Crippen LogP contribution in [0.5, 0.6) is 0 Å². The van der Waals surface area contributed by atoms with E-state index in [4.69, 9.17) is 14.5 Å². The lowest BCUT2D eigenvalue weighted by Crippen LogP contribution is -2.46. The fourth-order valence-corrected chi connectivity index (χ4v) is 6.20. The van der Waals surface area contributed by atoms with Gasteiger partial charge in [-0.25, -0.2) is 19.0 Å². The standard InChI is InChI=1S/C26H32FN3O4S/c1-25(2,3)21-20-14(9-10-30(21)24(32)34-26(4,5)6)11-18(35-20)22-28-19-16(23(31)33-8)12-15(27)13-17(19)29(22)7/h11-13,21H,9-10H2,1-8H3. The van der Waals surface area contributed by atoms with Crippen molar-refractivity contribution in [2.75, 3.05) is 13.7 Å². The van der Waals surface area contributed by atoms with Crippen LogP contribution in [0.2, 0.25) is 0 Å². The Labute approximate surface area is 208 Å². The molecule has 0 fully saturated rings. The first-order valence-corrected chi connectivity index (χ1v) is 12.4. The predicted molar refractivity (Wildman–Crippen MR) is 134 cm³/mol. The van der Waals surface area contributed by atoms with Crippen molar-refractivity contribution in [3.63, 3.8) is 0 Å². The summed E-state index contributed by atoms with van der Waals surface area (Å²) in [5.41, 5.74) is 1.34. The first-order valence-electron chi connectivity index (χ1n) is 11.6. The minimum atomic E-state index is -0.634. The van der Waals surface area contributed by atoms with E-state index in [0.717, 1.165) is 21.4 Å². The molecule has 2 aromatic heterocycles. The van der Waals surface area contributed by atoms with E-state index in [-0.39, 0.29) is 23.1 Å². The van der Waals surface area contributed by atoms with Gasteiger partial charge in [0, 0.05) is 18.5 Å². The number of fused-ring (bicyclic) bond motifs is 2. The second kappa shape index (κ2) is 8.62. The van der Waals surface area contributed by atoms with Gasteiger partial charge in [-0.1, -0.05) is 20.8 Å². The lowest BCUT2D eigenvalue weighted by atomic mass is 9.81. The van der Waals surface area contributed by atoms with Crippen molar-refractivity contribution in [3.8, 4) is 10.7 Å². The third-order valence-corrected chi connectivity index (χ3v) is 7.27. The highest BCUT2D eigenvalue weighted by molar-refractivity contribution is 7.15. The molecular formula is C26H32FN3O4S. The third-order valence-electron chi connectivity index (χ3n) is 6.05. The number of benzene rings is 1. The Kier molecular flexibility index (Phi) is 6.20. The number of aromatic nitrogens is 2. The fraction of sp³-hybridized carbons (Fsp3) is 0.500. The number of rotatable bonds is 2. The zero-order chi connectivity index (χ0) is 25.9. The van der Waals surface area contributed by atoms with Gasteiger partial charge >= 0.3 is 12.1 Å². The molecule has 1 aliphatic rings. The monoisotopic (exact) mass is 501 g/mol. The number of hydrogen-bond acceptors (Lipinski definition) is 6. The molecule has 1 amide bonds. The van der Waals surface area contributed by atoms with Crippen molar-refractivity contribution in [3.05, 3.63) is 40.0 Å². The van der Waals surface area contributed by atoms with Crippen molar-refractivity contribution >= 4 is 34.4 Å². The molecule has 7 nitrogen and oxygen atoms in total. The number of imidazole rings is 1. The number of halogens is 1. The molecule has 0 aliphatic carbocycles. The van der Waals surface area contributed by atoms with Crippen LogP contribution in [0.15, 0.2) is 18.2 Å². The Balaban J connectivity index is 1.82. The second-order valence-corrected chi connectivity index (χ2v) is 12.1. The molecule has 0 saturated carbocycles. The normalized spacial score (nSPS) is 16.4. The summed E-state index contributed by atoms with van der Waals surface area (Å²) in [6.07, 6.45) is 0.378. The van der Waals surface area contributed by atoms with Crippen molar-refractivity contribution in [1.29, 1.82) is 0 Å². The first-order chi connectivity index (χ1) is 16.2. The van der Waals surface area contributed by atoms with Gasteiger partial charge in [-0.15, -0.1) is 11.3 Å². The number of carbonyl (C=O) groups is 2. The summed E-state index contributed by atoms with van der Waals surface area (Å²) in [4.78, 5) is 33.9. The van der Waals surface area contributed by atoms with Crippen LogP contribution in [0, 0.1) is 11.2 Å². The number of thiophene rings is 1. The first kappa shape index (κ1) is 25.2. The molecule has 0 saturated heterocycles. The van der Waals surface area contributed by atoms with Gasteiger partial charge in [0.15, 0.2) is 5.82 Å². The van der Waals surface area contributed by atoms with Crippen LogP contribution < -0.4 is 0 Å². The lowest BCUT2D eigenvalue weighted by molar-refractivity contribution is -0.000154. The van der Waals surface area contributed by atoms with Crippen LogP contribution in [0.1, 0.15) is 68.4 Å². The molecule has 188 valence electrons. The minimum absolute atomic E-state index is 0.0920. The molecular weight excluding hydrogens is 469 g/mol. The number of amides is 1. The highest BCUT2D eigenvalue weighted by atomic mass is 32.1. The third kappa shape index (κ3) is 4.66. The molecule has 1 atom stereocenters. The SMILES string of the molecule is COC(=O)c1cc(F)cc2c1nc(-c1cc3c(s1)C(C(C)(C)C)N(C(=O)OC(C)(C)C)CC3)n2C. The maximum absolute atomic E-state index is 14.3. The zero-order valence-corrected chi connectivity index (χ0v) is 22.3. The largest absolute Gasteiger partial charge is 0.465 e. The molecule has 0 spiro atoms. The van der Waals surface area contributed by atoms with Gasteiger partial charge in [-0.2, -0.15) is 0 Å². The van der Waals surface area contributed by atoms with E-state index in [1.807, 2.05) is 25.7 Å². The second-order valence-electron chi connectivity index (χ2n) is 11.0. The summed E-state index contributed by atoms with van der Waals surface area (Å²) in [5.74, 6) is -0.532. The highest BCUT2D eigenvalue weighted by Crippen LogP contribution is 2.48. The number of methoxy groups -OCH3 is 1. The summed E-state index contributed by atoms with van der Waals surface area (Å²) in [5, 5.41) is 0. The average Bonchev–Trinajstić information content (AvgIpc) is 3.31. The van der Waals surface area contributed by atoms with E-state index < -0.39 is 17.4 Å². The van der Waals surface area contributed by atoms with Crippen LogP contribution >= 0.6 is 11.3 Å². The van der Waals surface area contributed by atoms with E-state index in [1.54, 1.807) is 23.0 Å². The van der Waals surface area contributed by atoms with Gasteiger partial charge in [-0.3, -0.25) is 4.90 Å². The van der Waals surface area contributed by atoms with Gasteiger partial charge in [0.25, 0.3) is 0 Å². The predicted octanol–water partition coefficient (Wildman–Crippen LogP) is 6.11. The molecule has 9 heteroatoms. The summed E-state index contributed by atoms with van der Waals surface area (Å²) in [6, 6.07) is 4.45. The van der Waals surface area contributed by atoms with Crippen molar-refractivity contribution < 1.29 is 23.5 Å². The smallest absolute Gasteiger partial charge is 0.410 e. The van der Waals surface area contributed by atoms with Gasteiger partial charge in [0.1, 0.15) is 16.9 Å². The lowest BCUT2D eigenvalue weighted by Gasteiger charge is -2.43. The maximum atomic E-state index is 14.3. The molecule has 3 heterocycles. The van der Waals surface area contributed by atoms with E-state index in [0.29, 0.717) is 29.8 Å². The molecule has 1 aromatic carbocycles. The van der Waals surface area contributed by atoms with Crippen molar-refractivity contribution in [1.82, 2.24) is 14.5 Å². The molecule has 3 aromatic rings. The van der Waals surface area contributed by atoms with Crippen LogP contribution in [0.3, 0.4) is 0 Å². The quantitative estimate of drug-likeness (QED) is 0.396. The molecule has 0 N–H and O–H groups in total. The number of ether oxygens (including phenoxy) is 2. The average molecular weight is 502 g/mol. The number of aryl methyl sites for hydroxylation is 1. The van der Waals surface area contributed by atoms with E-state index in [1.165, 1.54) is 13.2 Å². The van der Waals surface area contributed by atoms with Crippen LogP contribution in [-0.4, -0.2) is 45.8 Å². The van der Waals surface area contributed by atoms with Gasteiger partial charge in [0.2, 0.25) is 0 Å². The van der Waals surface area contributed by atoms with Crippen LogP contribution in [0.4, 0.5) is 9.18 Å². The Morgan fingerprint density at radius 3 is 2.43 bits per heavy atom. The minimum Gasteiger partial charge on any atom is -0.465 e. The van der Waals surface area contributed by atoms with E-state index in [2.05, 4.69) is 26.8 Å². The van der Waals surface area contributed by atoms with Crippen LogP contribution in [0.25, 0.3) is 21.7 Å². The Bertz CT molecular complexity index is 1310. The van der Waals surface area contributed by atoms with Crippen LogP contribution in [-0.2, 0) is 22.9 Å². The van der Waals surface area contributed by atoms with Crippen molar-refractivity contribution in [2.24, 2.45) is 12.5 Å². The number of esters is 1. The van der Waals surface area contributed by atoms with E-state index in [9.17, 15) is 14.0 Å². The summed E-state index contributed by atoms with van der Waals surface area (Å²) >= 11 is 1.57. The molecule has 4 rings (SSSR count). The summed E-state index contributed by atoms with van der Waals surface area (Å²) < 4.78 is 26.6. The Morgan fingerprint density at radius 1 is 1.14 bits per heavy atom. The van der Waals surface area contributed by atoms with E-state index >= 15 is 0 Å². The van der Waals surface area contributed by atoms with Gasteiger partial charge < -0.3 is 14.0 Å². The Hall–Kier alpha value is -2.94. The van der Waals surface area contributed by atoms with Crippen molar-refractivity contribution in [2.45, 2.75) is 59.6 Å². The topological polar surface area (TPSA) is 73.7 Å². The molecule has 1 unspecified atom stereocenters. The Morgan fingerprint density at radius 2 is 1.83 bits per heavy atom. The number of hydrogen-bond donors (Lipinski definition) is 0. The van der Waals surface area contributed by atoms with Gasteiger partial charge in [-0.05, 0) is 56.4 Å². The fourth-order valence-electron chi connectivity index (χ4n) is 4.61. The zero-order valence-electron chi connectivity index (χ0n) is 21.5. The maximum Gasteiger partial charge on any atom is 0.410 e. The molecule has 35 heavy (non-hydrogen) atoms. The molecule has 0 bridgehead atoms. The number of carbonyl (C=O) groups excluding carboxylic acids is 2. The van der Waals surface area contributed by atoms with Gasteiger partial charge in [0.05, 0.1) is 29.1 Å². The summed E-state index contributed by atoms with van der Waals surface area (Å²) in [7, 11) is 3.07. The molecule has 0 radical (unpaired) electrons.